The van der Waals surface area contributed by atoms with Crippen molar-refractivity contribution in [2.24, 2.45) is 0 Å². The summed E-state index contributed by atoms with van der Waals surface area (Å²) in [6.45, 7) is 4.99. The van der Waals surface area contributed by atoms with Gasteiger partial charge in [0.25, 0.3) is 0 Å². The summed E-state index contributed by atoms with van der Waals surface area (Å²) in [6, 6.07) is 8.10. The summed E-state index contributed by atoms with van der Waals surface area (Å²) in [7, 11) is -1.93. The second-order valence-corrected chi connectivity index (χ2v) is 17.9. The van der Waals surface area contributed by atoms with E-state index in [4.69, 9.17) is 4.74 Å². The molecular weight excluding hydrogens is 724 g/mol. The summed E-state index contributed by atoms with van der Waals surface area (Å²) in [5, 5.41) is 2.10. The van der Waals surface area contributed by atoms with Crippen LogP contribution in [0.2, 0.25) is 0 Å². The number of nitrogens with zero attached hydrogens (tertiary/aromatic N) is 2. The summed E-state index contributed by atoms with van der Waals surface area (Å²) >= 11 is 3.73. The Hall–Kier alpha value is -1.06. The maximum absolute atomic E-state index is 14.2. The Labute approximate surface area is 241 Å². The molecule has 0 saturated heterocycles. The molecule has 1 aromatic heterocycles. The van der Waals surface area contributed by atoms with Crippen LogP contribution in [-0.4, -0.2) is 50.2 Å². The molecule has 0 radical (unpaired) electrons. The molecule has 2 atom stereocenters. The van der Waals surface area contributed by atoms with Crippen LogP contribution in [0.25, 0.3) is 0 Å². The van der Waals surface area contributed by atoms with Crippen molar-refractivity contribution >= 4 is 55.5 Å². The molecular formula is C25H30I2N3O4S2-. The standard InChI is InChI=1S/C25H30I2N3O4S2/c1-25(2,26)30-24(31)23-16(7-5-10-27-30)21(20-8-6-12-35-20)22-17-14-18(28-36(4,32)33)19(34-3)13-15(17)9-11-29(22)23/h6,8,12-14,21-22,28H,5,7,9-11H2,1-4H3/q-1. The van der Waals surface area contributed by atoms with E-state index in [0.29, 0.717) is 11.4 Å². The number of nitrogens with one attached hydrogen (secondary N) is 1. The van der Waals surface area contributed by atoms with Crippen LogP contribution in [0.3, 0.4) is 0 Å². The predicted octanol–water partition coefficient (Wildman–Crippen LogP) is 1.88. The minimum absolute atomic E-state index is 0.0529. The second kappa shape index (κ2) is 9.92. The van der Waals surface area contributed by atoms with Gasteiger partial charge in [-0.25, -0.2) is 0 Å². The molecule has 1 N–H and O–H groups in total. The van der Waals surface area contributed by atoms with Gasteiger partial charge < -0.3 is 0 Å². The number of fused-ring (bicyclic) bond motifs is 4. The molecule has 5 rings (SSSR count). The third-order valence-electron chi connectivity index (χ3n) is 6.80. The molecule has 4 heterocycles. The minimum atomic E-state index is -3.49. The van der Waals surface area contributed by atoms with E-state index in [9.17, 15) is 13.2 Å². The topological polar surface area (TPSA) is 78.9 Å². The Morgan fingerprint density at radius 3 is 2.69 bits per heavy atom. The molecule has 2 aromatic rings. The first kappa shape index (κ1) is 26.5. The van der Waals surface area contributed by atoms with Crippen LogP contribution in [0.15, 0.2) is 40.9 Å². The summed E-state index contributed by atoms with van der Waals surface area (Å²) in [6.07, 6.45) is 3.93. The van der Waals surface area contributed by atoms with Gasteiger partial charge in [-0.05, 0) is 0 Å². The van der Waals surface area contributed by atoms with Gasteiger partial charge in [0.2, 0.25) is 0 Å². The van der Waals surface area contributed by atoms with E-state index in [2.05, 4.69) is 66.7 Å². The van der Waals surface area contributed by atoms with Crippen LogP contribution < -0.4 is 30.9 Å². The molecule has 0 fully saturated rings. The van der Waals surface area contributed by atoms with E-state index < -0.39 is 31.5 Å². The molecule has 0 aliphatic carbocycles. The van der Waals surface area contributed by atoms with E-state index in [-0.39, 0.29) is 21.4 Å². The van der Waals surface area contributed by atoms with Gasteiger partial charge in [0.05, 0.1) is 0 Å². The molecule has 0 saturated carbocycles. The number of amides is 1. The van der Waals surface area contributed by atoms with Gasteiger partial charge in [-0.15, -0.1) is 0 Å². The molecule has 196 valence electrons. The van der Waals surface area contributed by atoms with Gasteiger partial charge in [-0.1, -0.05) is 0 Å². The van der Waals surface area contributed by atoms with Crippen molar-refractivity contribution in [1.82, 2.24) is 8.01 Å². The molecule has 7 nitrogen and oxygen atoms in total. The van der Waals surface area contributed by atoms with Crippen LogP contribution in [0.5, 0.6) is 5.75 Å². The first-order chi connectivity index (χ1) is 17.0. The molecule has 2 unspecified atom stereocenters. The van der Waals surface area contributed by atoms with Gasteiger partial charge >= 0.3 is 243 Å². The van der Waals surface area contributed by atoms with Gasteiger partial charge in [0.1, 0.15) is 0 Å². The van der Waals surface area contributed by atoms with E-state index >= 15 is 0 Å². The number of alkyl halides is 2. The number of rotatable bonds is 5. The summed E-state index contributed by atoms with van der Waals surface area (Å²) in [5.41, 5.74) is 4.78. The fraction of sp³-hybridized carbons (Fsp3) is 0.480. The second-order valence-electron chi connectivity index (χ2n) is 9.79. The van der Waals surface area contributed by atoms with Crippen molar-refractivity contribution in [2.45, 2.75) is 48.6 Å². The van der Waals surface area contributed by atoms with E-state index in [1.54, 1.807) is 18.4 Å². The number of carbonyl (C=O) groups is 1. The number of methoxy groups -OCH3 is 1. The zero-order valence-corrected chi connectivity index (χ0v) is 26.6. The molecule has 1 amide bonds. The normalized spacial score (nSPS) is 22.8. The van der Waals surface area contributed by atoms with Gasteiger partial charge in [0, 0.05) is 0 Å². The Kier molecular flexibility index (Phi) is 7.31. The van der Waals surface area contributed by atoms with Crippen LogP contribution in [0.1, 0.15) is 54.7 Å². The van der Waals surface area contributed by atoms with Crippen molar-refractivity contribution < 1.29 is 39.4 Å². The van der Waals surface area contributed by atoms with Crippen molar-refractivity contribution in [2.75, 3.05) is 29.1 Å². The van der Waals surface area contributed by atoms with Crippen molar-refractivity contribution in [3.05, 3.63) is 56.9 Å². The monoisotopic (exact) mass is 754 g/mol. The number of hydrogen-bond donors (Lipinski definition) is 1. The average Bonchev–Trinajstić information content (AvgIpc) is 3.40. The Morgan fingerprint density at radius 2 is 2.06 bits per heavy atom. The molecule has 3 aliphatic rings. The zero-order valence-electron chi connectivity index (χ0n) is 20.7. The molecule has 11 heteroatoms. The van der Waals surface area contributed by atoms with E-state index in [0.717, 1.165) is 53.3 Å². The fourth-order valence-corrected chi connectivity index (χ4v) is 10.6. The SMILES string of the molecule is COc1cc2c(cc1NS(C)(=O)=O)C1C(c3cccs3)C3=C(C(=O)N(C(C)(C)I)[I-]CCC3)N1CC2. The van der Waals surface area contributed by atoms with Crippen molar-refractivity contribution in [3.63, 3.8) is 0 Å². The number of thiophene rings is 1. The van der Waals surface area contributed by atoms with E-state index in [1.807, 2.05) is 12.1 Å². The van der Waals surface area contributed by atoms with Gasteiger partial charge in [-0.3, -0.25) is 0 Å². The number of halogens is 2. The maximum atomic E-state index is 14.2. The Morgan fingerprint density at radius 1 is 1.28 bits per heavy atom. The number of sulfonamides is 1. The quantitative estimate of drug-likeness (QED) is 0.219. The molecule has 3 aliphatic heterocycles. The Balaban J connectivity index is 1.69. The summed E-state index contributed by atoms with van der Waals surface area (Å²) in [5.74, 6) is 0.744. The number of ether oxygens (including phenoxy) is 1. The van der Waals surface area contributed by atoms with Gasteiger partial charge in [0.15, 0.2) is 0 Å². The van der Waals surface area contributed by atoms with Crippen molar-refractivity contribution in [1.29, 1.82) is 0 Å². The molecule has 0 spiro atoms. The van der Waals surface area contributed by atoms with Crippen LogP contribution in [-0.2, 0) is 21.2 Å². The summed E-state index contributed by atoms with van der Waals surface area (Å²) < 4.78 is 35.5. The van der Waals surface area contributed by atoms with Crippen LogP contribution in [0, 0.1) is 0 Å². The fourth-order valence-electron chi connectivity index (χ4n) is 5.52. The molecule has 36 heavy (non-hydrogen) atoms. The van der Waals surface area contributed by atoms with Crippen LogP contribution >= 0.6 is 33.9 Å². The summed E-state index contributed by atoms with van der Waals surface area (Å²) in [4.78, 5) is 17.8. The molecule has 1 aromatic carbocycles. The number of anilines is 1. The first-order valence-electron chi connectivity index (χ1n) is 11.8. The van der Waals surface area contributed by atoms with Crippen LogP contribution in [0.4, 0.5) is 5.69 Å². The van der Waals surface area contributed by atoms with Crippen molar-refractivity contribution in [3.8, 4) is 5.75 Å². The number of hydrogen-bond acceptors (Lipinski definition) is 6. The van der Waals surface area contributed by atoms with E-state index in [1.165, 1.54) is 10.5 Å². The number of carbonyl (C=O) groups excluding carboxylic acids is 1. The average molecular weight is 754 g/mol. The third kappa shape index (κ3) is 4.89. The predicted molar refractivity (Wildman–Crippen MR) is 148 cm³/mol. The molecule has 0 bridgehead atoms. The third-order valence-corrected chi connectivity index (χ3v) is 13.3. The Bertz CT molecular complexity index is 1320. The zero-order chi connectivity index (χ0) is 25.8. The number of benzene rings is 1. The first-order valence-corrected chi connectivity index (χ1v) is 18.2. The van der Waals surface area contributed by atoms with Gasteiger partial charge in [-0.2, -0.15) is 0 Å².